The van der Waals surface area contributed by atoms with E-state index in [4.69, 9.17) is 23.3 Å². The molecular weight excluding hydrogens is 1020 g/mol. The standard InChI is InChI=1S/C68H111O11P/c1-4-7-10-13-16-19-22-25-28-31-32-35-36-39-42-45-48-51-54-57-66(70)75-61-65(79-68(72)59-56-53-50-47-44-41-38-34-30-27-24-21-18-15-12-9-6-3)63-77-80(73,74)76-62-64(60-69)78-67(71)58-55-52-49-46-43-40-37-33-29-26-23-20-17-14-11-8-5-2/h7,9-10,12,16-21,25-30,32,35,39,42,48,51,64-65,69H,4-6,8,11,13-15,22-24,31,33-34,36-38,40-41,43-47,49-50,52-63H2,1-3H3,(H,73,74)/b10-7-,12-9-,19-16-,20-17-,21-18-,28-25-,29-26-,30-27-,35-32-,42-39-,51-48-. The van der Waals surface area contributed by atoms with Crippen molar-refractivity contribution in [3.8, 4) is 0 Å². The summed E-state index contributed by atoms with van der Waals surface area (Å²) < 4.78 is 39.5. The number of carbonyl (C=O) groups is 3. The SMILES string of the molecule is CC/C=C\C/C=C\C/C=C\C/C=C\C/C=C\C/C=C\CCC(=O)OCC(COP(=O)(O)OCC(CO)OC(=O)CCCCCCCCC/C=C\C/C=C\CCCCC)OC(=O)CCCCCCCCC/C=C\C/C=C\C/C=C\CC. The summed E-state index contributed by atoms with van der Waals surface area (Å²) in [5.74, 6) is -1.59. The molecule has 454 valence electrons. The molecule has 0 aromatic heterocycles. The summed E-state index contributed by atoms with van der Waals surface area (Å²) in [5, 5.41) is 9.85. The third-order valence-corrected chi connectivity index (χ3v) is 13.5. The highest BCUT2D eigenvalue weighted by Crippen LogP contribution is 2.43. The second-order valence-electron chi connectivity index (χ2n) is 20.1. The van der Waals surface area contributed by atoms with Crippen LogP contribution in [0, 0.1) is 0 Å². The Morgan fingerprint density at radius 2 is 0.675 bits per heavy atom. The molecule has 0 aliphatic heterocycles. The van der Waals surface area contributed by atoms with E-state index in [1.807, 2.05) is 12.2 Å². The molecule has 0 aromatic carbocycles. The van der Waals surface area contributed by atoms with Gasteiger partial charge in [0.2, 0.25) is 0 Å². The fraction of sp³-hybridized carbons (Fsp3) is 0.632. The van der Waals surface area contributed by atoms with Gasteiger partial charge in [0.25, 0.3) is 0 Å². The van der Waals surface area contributed by atoms with Gasteiger partial charge in [-0.15, -0.1) is 0 Å². The zero-order chi connectivity index (χ0) is 58.3. The molecule has 0 bridgehead atoms. The van der Waals surface area contributed by atoms with Crippen LogP contribution in [-0.2, 0) is 42.2 Å². The van der Waals surface area contributed by atoms with Crippen molar-refractivity contribution in [1.82, 2.24) is 0 Å². The molecule has 0 saturated carbocycles. The van der Waals surface area contributed by atoms with Crippen molar-refractivity contribution in [2.75, 3.05) is 26.4 Å². The number of rotatable bonds is 56. The number of phosphoric acid groups is 1. The molecule has 80 heavy (non-hydrogen) atoms. The predicted molar refractivity (Wildman–Crippen MR) is 334 cm³/mol. The molecule has 0 spiro atoms. The quantitative estimate of drug-likeness (QED) is 0.0197. The maximum atomic E-state index is 12.9. The van der Waals surface area contributed by atoms with E-state index >= 15 is 0 Å². The minimum Gasteiger partial charge on any atom is -0.462 e. The van der Waals surface area contributed by atoms with Crippen molar-refractivity contribution in [2.24, 2.45) is 0 Å². The molecule has 0 aliphatic carbocycles. The van der Waals surface area contributed by atoms with Gasteiger partial charge in [0.05, 0.1) is 19.8 Å². The van der Waals surface area contributed by atoms with Gasteiger partial charge >= 0.3 is 25.7 Å². The second-order valence-corrected chi connectivity index (χ2v) is 21.6. The third kappa shape index (κ3) is 58.3. The van der Waals surface area contributed by atoms with E-state index in [1.54, 1.807) is 0 Å². The summed E-state index contributed by atoms with van der Waals surface area (Å²) in [6, 6.07) is 0. The van der Waals surface area contributed by atoms with Crippen LogP contribution in [0.25, 0.3) is 0 Å². The highest BCUT2D eigenvalue weighted by molar-refractivity contribution is 7.47. The number of aliphatic hydroxyl groups is 1. The maximum Gasteiger partial charge on any atom is 0.472 e. The number of ether oxygens (including phenoxy) is 3. The fourth-order valence-corrected chi connectivity index (χ4v) is 8.68. The lowest BCUT2D eigenvalue weighted by Gasteiger charge is -2.21. The summed E-state index contributed by atoms with van der Waals surface area (Å²) in [7, 11) is -4.78. The van der Waals surface area contributed by atoms with Crippen LogP contribution in [0.1, 0.15) is 239 Å². The number of unbranched alkanes of at least 4 members (excludes halogenated alkanes) is 17. The van der Waals surface area contributed by atoms with Crippen LogP contribution in [0.3, 0.4) is 0 Å². The molecule has 3 atom stereocenters. The van der Waals surface area contributed by atoms with Gasteiger partial charge < -0.3 is 24.2 Å². The van der Waals surface area contributed by atoms with Crippen molar-refractivity contribution >= 4 is 25.7 Å². The fourth-order valence-electron chi connectivity index (χ4n) is 7.90. The maximum absolute atomic E-state index is 12.9. The molecule has 3 unspecified atom stereocenters. The van der Waals surface area contributed by atoms with Crippen LogP contribution in [-0.4, -0.2) is 66.5 Å². The highest BCUT2D eigenvalue weighted by atomic mass is 31.2. The van der Waals surface area contributed by atoms with Gasteiger partial charge in [-0.2, -0.15) is 0 Å². The van der Waals surface area contributed by atoms with Crippen LogP contribution in [0.4, 0.5) is 0 Å². The smallest absolute Gasteiger partial charge is 0.462 e. The lowest BCUT2D eigenvalue weighted by atomic mass is 10.1. The van der Waals surface area contributed by atoms with Gasteiger partial charge in [-0.3, -0.25) is 23.4 Å². The summed E-state index contributed by atoms with van der Waals surface area (Å²) >= 11 is 0. The van der Waals surface area contributed by atoms with E-state index in [9.17, 15) is 28.9 Å². The third-order valence-electron chi connectivity index (χ3n) is 12.6. The summed E-state index contributed by atoms with van der Waals surface area (Å²) in [4.78, 5) is 48.7. The Kier molecular flexibility index (Phi) is 57.4. The molecule has 2 N–H and O–H groups in total. The summed E-state index contributed by atoms with van der Waals surface area (Å²) in [5.41, 5.74) is 0. The first-order chi connectivity index (χ1) is 39.2. The normalized spacial score (nSPS) is 14.2. The number of carbonyl (C=O) groups excluding carboxylic acids is 3. The number of hydrogen-bond donors (Lipinski definition) is 2. The number of allylic oxidation sites excluding steroid dienone is 22. The minimum absolute atomic E-state index is 0.0918. The Balaban J connectivity index is 4.84. The monoisotopic (exact) mass is 1130 g/mol. The lowest BCUT2D eigenvalue weighted by molar-refractivity contribution is -0.161. The zero-order valence-corrected chi connectivity index (χ0v) is 51.1. The zero-order valence-electron chi connectivity index (χ0n) is 50.2. The molecule has 12 heteroatoms. The van der Waals surface area contributed by atoms with Crippen LogP contribution in [0.2, 0.25) is 0 Å². The molecule has 0 saturated heterocycles. The van der Waals surface area contributed by atoms with Crippen molar-refractivity contribution in [2.45, 2.75) is 251 Å². The van der Waals surface area contributed by atoms with Crippen molar-refractivity contribution in [1.29, 1.82) is 0 Å². The van der Waals surface area contributed by atoms with E-state index in [2.05, 4.69) is 142 Å². The van der Waals surface area contributed by atoms with Crippen LogP contribution in [0.5, 0.6) is 0 Å². The highest BCUT2D eigenvalue weighted by Gasteiger charge is 2.28. The van der Waals surface area contributed by atoms with Crippen molar-refractivity contribution in [3.05, 3.63) is 134 Å². The van der Waals surface area contributed by atoms with Gasteiger partial charge in [0.15, 0.2) is 6.10 Å². The summed E-state index contributed by atoms with van der Waals surface area (Å²) in [6.45, 7) is 4.29. The van der Waals surface area contributed by atoms with Gasteiger partial charge in [-0.25, -0.2) is 4.57 Å². The van der Waals surface area contributed by atoms with E-state index in [-0.39, 0.29) is 25.9 Å². The average molecular weight is 1140 g/mol. The van der Waals surface area contributed by atoms with E-state index in [0.717, 1.165) is 141 Å². The Hall–Kier alpha value is -4.38. The predicted octanol–water partition coefficient (Wildman–Crippen LogP) is 18.9. The number of hydrogen-bond acceptors (Lipinski definition) is 10. The first-order valence-corrected chi connectivity index (χ1v) is 32.6. The molecular formula is C68H111O11P. The van der Waals surface area contributed by atoms with Crippen LogP contribution in [0.15, 0.2) is 134 Å². The van der Waals surface area contributed by atoms with Gasteiger partial charge in [0.1, 0.15) is 12.7 Å². The van der Waals surface area contributed by atoms with Crippen LogP contribution < -0.4 is 0 Å². The Labute approximate surface area is 487 Å². The molecule has 0 heterocycles. The molecule has 0 amide bonds. The first-order valence-electron chi connectivity index (χ1n) is 31.1. The topological polar surface area (TPSA) is 155 Å². The Morgan fingerprint density at radius 1 is 0.362 bits per heavy atom. The molecule has 0 fully saturated rings. The molecule has 0 aliphatic rings. The van der Waals surface area contributed by atoms with Crippen molar-refractivity contribution < 1.29 is 52.2 Å². The van der Waals surface area contributed by atoms with Crippen LogP contribution >= 0.6 is 7.82 Å². The minimum atomic E-state index is -4.78. The second kappa shape index (κ2) is 60.7. The van der Waals surface area contributed by atoms with Gasteiger partial charge in [-0.05, 0) is 122 Å². The molecule has 0 rings (SSSR count). The number of phosphoric ester groups is 1. The lowest BCUT2D eigenvalue weighted by Crippen LogP contribution is -2.30. The number of aliphatic hydroxyl groups excluding tert-OH is 1. The van der Waals surface area contributed by atoms with E-state index in [0.29, 0.717) is 19.3 Å². The molecule has 0 radical (unpaired) electrons. The molecule has 0 aromatic rings. The average Bonchev–Trinajstić information content (AvgIpc) is 3.45. The Morgan fingerprint density at radius 3 is 1.05 bits per heavy atom. The van der Waals surface area contributed by atoms with Crippen molar-refractivity contribution in [3.63, 3.8) is 0 Å². The summed E-state index contributed by atoms with van der Waals surface area (Å²) in [6.07, 6.45) is 77.0. The largest absolute Gasteiger partial charge is 0.472 e. The van der Waals surface area contributed by atoms with Gasteiger partial charge in [-0.1, -0.05) is 231 Å². The Bertz CT molecular complexity index is 1850. The van der Waals surface area contributed by atoms with Gasteiger partial charge in [0, 0.05) is 19.3 Å². The molecule has 11 nitrogen and oxygen atoms in total. The first kappa shape index (κ1) is 75.6. The van der Waals surface area contributed by atoms with E-state index in [1.165, 1.54) is 38.5 Å². The number of esters is 3. The van der Waals surface area contributed by atoms with E-state index < -0.39 is 57.8 Å².